The van der Waals surface area contributed by atoms with E-state index in [-0.39, 0.29) is 24.7 Å². The van der Waals surface area contributed by atoms with E-state index in [1.165, 1.54) is 6.92 Å². The average Bonchev–Trinajstić information content (AvgIpc) is 2.94. The van der Waals surface area contributed by atoms with Crippen molar-refractivity contribution in [2.75, 3.05) is 18.5 Å². The van der Waals surface area contributed by atoms with Crippen LogP contribution in [0.3, 0.4) is 0 Å². The second kappa shape index (κ2) is 6.70. The molecule has 1 amide bonds. The molecule has 2 aliphatic heterocycles. The van der Waals surface area contributed by atoms with Crippen LogP contribution >= 0.6 is 0 Å². The van der Waals surface area contributed by atoms with Crippen LogP contribution in [0.4, 0.5) is 5.69 Å². The van der Waals surface area contributed by atoms with Gasteiger partial charge in [-0.25, -0.2) is 4.79 Å². The molecule has 1 aromatic carbocycles. The summed E-state index contributed by atoms with van der Waals surface area (Å²) in [5.74, 6) is -1.52. The van der Waals surface area contributed by atoms with Gasteiger partial charge in [0.05, 0.1) is 18.6 Å². The quantitative estimate of drug-likeness (QED) is 0.822. The van der Waals surface area contributed by atoms with Gasteiger partial charge in [-0.2, -0.15) is 5.06 Å². The Hall–Kier alpha value is -2.25. The number of rotatable bonds is 5. The Kier molecular flexibility index (Phi) is 4.64. The topological polar surface area (TPSA) is 84.9 Å². The number of nitrogens with zero attached hydrogens (tertiary/aromatic N) is 1. The van der Waals surface area contributed by atoms with Gasteiger partial charge in [0.1, 0.15) is 5.78 Å². The molecule has 3 unspecified atom stereocenters. The zero-order valence-corrected chi connectivity index (χ0v) is 13.7. The second-order valence-corrected chi connectivity index (χ2v) is 5.92. The van der Waals surface area contributed by atoms with Crippen molar-refractivity contribution in [3.05, 3.63) is 29.8 Å². The summed E-state index contributed by atoms with van der Waals surface area (Å²) in [6, 6.07) is 6.99. The molecule has 1 aromatic rings. The fraction of sp³-hybridized carbons (Fsp3) is 0.471. The number of carbonyl (C=O) groups excluding carboxylic acids is 3. The molecule has 24 heavy (non-hydrogen) atoms. The van der Waals surface area contributed by atoms with Crippen LogP contribution in [0, 0.1) is 5.92 Å². The highest BCUT2D eigenvalue weighted by Gasteiger charge is 2.54. The predicted molar refractivity (Wildman–Crippen MR) is 84.8 cm³/mol. The molecule has 1 fully saturated rings. The molecule has 0 saturated carbocycles. The number of fused-ring (bicyclic) bond motifs is 3. The van der Waals surface area contributed by atoms with E-state index in [9.17, 15) is 14.4 Å². The third-order valence-corrected chi connectivity index (χ3v) is 4.27. The first kappa shape index (κ1) is 16.6. The molecule has 2 heterocycles. The summed E-state index contributed by atoms with van der Waals surface area (Å²) in [4.78, 5) is 41.9. The molecular weight excluding hydrogens is 312 g/mol. The van der Waals surface area contributed by atoms with E-state index in [0.717, 1.165) is 5.56 Å². The lowest BCUT2D eigenvalue weighted by Gasteiger charge is -2.31. The van der Waals surface area contributed by atoms with E-state index >= 15 is 0 Å². The summed E-state index contributed by atoms with van der Waals surface area (Å²) in [6.45, 7) is 3.72. The standard InChI is InChI=1S/C17H20N2O5/c1-3-23-17(22)15-13-14(19(24-15)9-8-10(2)20)11-6-4-5-7-12(11)18-16(13)21/h4-7,13-15H,3,8-9H2,1-2H3,(H,18,21). The van der Waals surface area contributed by atoms with Crippen molar-refractivity contribution < 1.29 is 24.0 Å². The smallest absolute Gasteiger partial charge is 0.338 e. The van der Waals surface area contributed by atoms with Gasteiger partial charge >= 0.3 is 5.97 Å². The van der Waals surface area contributed by atoms with Crippen molar-refractivity contribution in [1.82, 2.24) is 5.06 Å². The van der Waals surface area contributed by atoms with Crippen LogP contribution in [-0.2, 0) is 24.0 Å². The molecule has 7 nitrogen and oxygen atoms in total. The average molecular weight is 332 g/mol. The minimum atomic E-state index is -1.00. The first-order chi connectivity index (χ1) is 11.5. The van der Waals surface area contributed by atoms with Gasteiger partial charge in [0.2, 0.25) is 5.91 Å². The Labute approximate surface area is 139 Å². The molecule has 0 spiro atoms. The molecule has 1 saturated heterocycles. The summed E-state index contributed by atoms with van der Waals surface area (Å²) >= 11 is 0. The van der Waals surface area contributed by atoms with Crippen molar-refractivity contribution in [1.29, 1.82) is 0 Å². The molecule has 0 bridgehead atoms. The van der Waals surface area contributed by atoms with Crippen molar-refractivity contribution >= 4 is 23.3 Å². The van der Waals surface area contributed by atoms with Crippen LogP contribution in [0.5, 0.6) is 0 Å². The van der Waals surface area contributed by atoms with Crippen LogP contribution in [0.1, 0.15) is 31.9 Å². The molecule has 3 rings (SSSR count). The molecule has 128 valence electrons. The molecular formula is C17H20N2O5. The van der Waals surface area contributed by atoms with Crippen LogP contribution < -0.4 is 5.32 Å². The largest absolute Gasteiger partial charge is 0.464 e. The number of hydrogen-bond acceptors (Lipinski definition) is 6. The molecule has 1 N–H and O–H groups in total. The zero-order chi connectivity index (χ0) is 17.3. The lowest BCUT2D eigenvalue weighted by Crippen LogP contribution is -2.41. The zero-order valence-electron chi connectivity index (χ0n) is 13.7. The van der Waals surface area contributed by atoms with Gasteiger partial charge in [0.15, 0.2) is 6.10 Å². The number of ether oxygens (including phenoxy) is 1. The van der Waals surface area contributed by atoms with Crippen LogP contribution in [-0.4, -0.2) is 42.0 Å². The highest BCUT2D eigenvalue weighted by Crippen LogP contribution is 2.45. The minimum absolute atomic E-state index is 0.0169. The third-order valence-electron chi connectivity index (χ3n) is 4.27. The first-order valence-electron chi connectivity index (χ1n) is 8.02. The van der Waals surface area contributed by atoms with Crippen LogP contribution in [0.15, 0.2) is 24.3 Å². The lowest BCUT2D eigenvalue weighted by atomic mass is 9.84. The van der Waals surface area contributed by atoms with Crippen molar-refractivity contribution in [3.8, 4) is 0 Å². The Morgan fingerprint density at radius 1 is 1.33 bits per heavy atom. The highest BCUT2D eigenvalue weighted by molar-refractivity contribution is 6.00. The van der Waals surface area contributed by atoms with E-state index in [1.54, 1.807) is 12.0 Å². The van der Waals surface area contributed by atoms with Crippen molar-refractivity contribution in [3.63, 3.8) is 0 Å². The van der Waals surface area contributed by atoms with E-state index < -0.39 is 24.0 Å². The predicted octanol–water partition coefficient (Wildman–Crippen LogP) is 1.45. The first-order valence-corrected chi connectivity index (χ1v) is 8.02. The number of benzene rings is 1. The number of para-hydroxylation sites is 1. The summed E-state index contributed by atoms with van der Waals surface area (Å²) in [5.41, 5.74) is 1.57. The maximum atomic E-state index is 12.5. The Bertz CT molecular complexity index is 675. The molecule has 7 heteroatoms. The number of ketones is 1. The number of amides is 1. The van der Waals surface area contributed by atoms with E-state index in [1.807, 2.05) is 24.3 Å². The monoisotopic (exact) mass is 332 g/mol. The van der Waals surface area contributed by atoms with E-state index in [4.69, 9.17) is 9.57 Å². The summed E-state index contributed by atoms with van der Waals surface area (Å²) in [7, 11) is 0. The Balaban J connectivity index is 1.96. The highest BCUT2D eigenvalue weighted by atomic mass is 16.7. The van der Waals surface area contributed by atoms with E-state index in [0.29, 0.717) is 12.2 Å². The Morgan fingerprint density at radius 2 is 2.08 bits per heavy atom. The number of esters is 1. The fourth-order valence-electron chi connectivity index (χ4n) is 3.21. The third kappa shape index (κ3) is 2.92. The number of hydrogen-bond donors (Lipinski definition) is 1. The molecule has 0 aliphatic carbocycles. The Morgan fingerprint density at radius 3 is 2.79 bits per heavy atom. The molecule has 0 radical (unpaired) electrons. The molecule has 0 aromatic heterocycles. The van der Waals surface area contributed by atoms with Gasteiger partial charge in [-0.3, -0.25) is 14.4 Å². The number of hydroxylamine groups is 2. The minimum Gasteiger partial charge on any atom is -0.464 e. The van der Waals surface area contributed by atoms with Crippen LogP contribution in [0.2, 0.25) is 0 Å². The van der Waals surface area contributed by atoms with Gasteiger partial charge in [-0.05, 0) is 25.5 Å². The van der Waals surface area contributed by atoms with Gasteiger partial charge in [0.25, 0.3) is 0 Å². The van der Waals surface area contributed by atoms with Gasteiger partial charge in [-0.15, -0.1) is 0 Å². The maximum absolute atomic E-state index is 12.5. The van der Waals surface area contributed by atoms with Crippen molar-refractivity contribution in [2.45, 2.75) is 32.4 Å². The SMILES string of the molecule is CCOC(=O)C1ON(CCC(C)=O)C2c3ccccc3NC(=O)C12. The number of Topliss-reactive ketones (excluding diaryl/α,β-unsaturated/α-hetero) is 1. The number of anilines is 1. The molecule has 2 aliphatic rings. The van der Waals surface area contributed by atoms with Gasteiger partial charge in [-0.1, -0.05) is 18.2 Å². The lowest BCUT2D eigenvalue weighted by molar-refractivity contribution is -0.190. The van der Waals surface area contributed by atoms with Gasteiger partial charge < -0.3 is 10.1 Å². The number of carbonyl (C=O) groups is 3. The summed E-state index contributed by atoms with van der Waals surface area (Å²) < 4.78 is 5.05. The second-order valence-electron chi connectivity index (χ2n) is 5.92. The summed E-state index contributed by atoms with van der Waals surface area (Å²) in [6.07, 6.45) is -0.724. The molecule has 3 atom stereocenters. The maximum Gasteiger partial charge on any atom is 0.338 e. The van der Waals surface area contributed by atoms with Crippen LogP contribution in [0.25, 0.3) is 0 Å². The normalized spacial score (nSPS) is 25.6. The van der Waals surface area contributed by atoms with Crippen molar-refractivity contribution in [2.24, 2.45) is 5.92 Å². The van der Waals surface area contributed by atoms with Gasteiger partial charge in [0, 0.05) is 18.7 Å². The van der Waals surface area contributed by atoms with E-state index in [2.05, 4.69) is 5.32 Å². The number of nitrogens with one attached hydrogen (secondary N) is 1. The fourth-order valence-corrected chi connectivity index (χ4v) is 3.21. The summed E-state index contributed by atoms with van der Waals surface area (Å²) in [5, 5.41) is 4.40.